The van der Waals surface area contributed by atoms with Gasteiger partial charge in [-0.05, 0) is 49.5 Å². The van der Waals surface area contributed by atoms with E-state index in [4.69, 9.17) is 0 Å². The molecule has 0 aliphatic carbocycles. The molecule has 0 atom stereocenters. The molecule has 1 N–H and O–H groups in total. The number of fused-ring (bicyclic) bond motifs is 1. The number of benzene rings is 1. The van der Waals surface area contributed by atoms with E-state index >= 15 is 0 Å². The molecule has 124 valence electrons. The molecule has 0 unspecified atom stereocenters. The first-order valence-electron chi connectivity index (χ1n) is 8.65. The van der Waals surface area contributed by atoms with Crippen LogP contribution in [0.15, 0.2) is 24.3 Å². The largest absolute Gasteiger partial charge is 0.477 e. The Hall–Kier alpha value is -1.81. The molecule has 23 heavy (non-hydrogen) atoms. The van der Waals surface area contributed by atoms with Crippen LogP contribution >= 0.6 is 0 Å². The summed E-state index contributed by atoms with van der Waals surface area (Å²) in [4.78, 5) is 14.1. The van der Waals surface area contributed by atoms with Crippen molar-refractivity contribution in [2.45, 2.75) is 45.6 Å². The second-order valence-electron chi connectivity index (χ2n) is 6.82. The molecule has 1 aliphatic heterocycles. The number of hydrogen-bond acceptors (Lipinski definition) is 2. The fraction of sp³-hybridized carbons (Fsp3) is 0.526. The van der Waals surface area contributed by atoms with Gasteiger partial charge in [-0.2, -0.15) is 0 Å². The van der Waals surface area contributed by atoms with Crippen LogP contribution in [0.4, 0.5) is 0 Å². The maximum absolute atomic E-state index is 11.7. The maximum Gasteiger partial charge on any atom is 0.352 e. The number of piperidine rings is 1. The second kappa shape index (κ2) is 6.75. The first-order valence-corrected chi connectivity index (χ1v) is 8.65. The molecule has 2 heterocycles. The third-order valence-corrected chi connectivity index (χ3v) is 4.91. The number of hydrogen-bond donors (Lipinski definition) is 1. The minimum atomic E-state index is -0.838. The number of aromatic nitrogens is 1. The Morgan fingerprint density at radius 2 is 1.91 bits per heavy atom. The first kappa shape index (κ1) is 16.1. The Bertz CT molecular complexity index is 697. The van der Waals surface area contributed by atoms with Gasteiger partial charge in [0.05, 0.1) is 0 Å². The van der Waals surface area contributed by atoms with Gasteiger partial charge in [0, 0.05) is 24.0 Å². The second-order valence-corrected chi connectivity index (χ2v) is 6.82. The Kier molecular flexibility index (Phi) is 4.71. The van der Waals surface area contributed by atoms with Gasteiger partial charge in [0.15, 0.2) is 0 Å². The van der Waals surface area contributed by atoms with Crippen LogP contribution in [0.2, 0.25) is 0 Å². The zero-order chi connectivity index (χ0) is 16.4. The van der Waals surface area contributed by atoms with E-state index in [9.17, 15) is 9.90 Å². The van der Waals surface area contributed by atoms with E-state index in [1.54, 1.807) is 0 Å². The van der Waals surface area contributed by atoms with Gasteiger partial charge < -0.3 is 14.6 Å². The van der Waals surface area contributed by atoms with Gasteiger partial charge in [0.1, 0.15) is 5.69 Å². The number of nitrogens with zero attached hydrogens (tertiary/aromatic N) is 2. The molecular weight excluding hydrogens is 288 g/mol. The van der Waals surface area contributed by atoms with Crippen LogP contribution < -0.4 is 0 Å². The van der Waals surface area contributed by atoms with Crippen molar-refractivity contribution in [2.75, 3.05) is 19.6 Å². The fourth-order valence-electron chi connectivity index (χ4n) is 3.65. The molecule has 0 spiro atoms. The van der Waals surface area contributed by atoms with E-state index in [0.29, 0.717) is 11.6 Å². The molecule has 1 saturated heterocycles. The lowest BCUT2D eigenvalue weighted by atomic mass is 9.99. The molecule has 0 bridgehead atoms. The predicted octanol–water partition coefficient (Wildman–Crippen LogP) is 3.95. The summed E-state index contributed by atoms with van der Waals surface area (Å²) in [7, 11) is 0. The molecule has 0 radical (unpaired) electrons. The SMILES string of the molecule is CC(C)c1cccc2c1cc(C(=O)O)n2CCN1CCCCC1. The average molecular weight is 314 g/mol. The molecule has 2 aromatic rings. The van der Waals surface area contributed by atoms with E-state index in [-0.39, 0.29) is 0 Å². The summed E-state index contributed by atoms with van der Waals surface area (Å²) in [6.07, 6.45) is 3.84. The van der Waals surface area contributed by atoms with Gasteiger partial charge in [-0.25, -0.2) is 4.79 Å². The Morgan fingerprint density at radius 3 is 2.57 bits per heavy atom. The van der Waals surface area contributed by atoms with Crippen LogP contribution in [0.5, 0.6) is 0 Å². The Labute approximate surface area is 137 Å². The minimum absolute atomic E-state index is 0.387. The summed E-state index contributed by atoms with van der Waals surface area (Å²) in [5, 5.41) is 10.7. The van der Waals surface area contributed by atoms with Crippen molar-refractivity contribution >= 4 is 16.9 Å². The predicted molar refractivity (Wildman–Crippen MR) is 93.3 cm³/mol. The van der Waals surface area contributed by atoms with Crippen LogP contribution in [0.3, 0.4) is 0 Å². The van der Waals surface area contributed by atoms with Crippen LogP contribution in [0.1, 0.15) is 55.1 Å². The highest BCUT2D eigenvalue weighted by molar-refractivity contribution is 5.96. The topological polar surface area (TPSA) is 45.5 Å². The third kappa shape index (κ3) is 3.27. The van der Waals surface area contributed by atoms with Gasteiger partial charge in [-0.3, -0.25) is 0 Å². The van der Waals surface area contributed by atoms with E-state index in [2.05, 4.69) is 24.8 Å². The van der Waals surface area contributed by atoms with E-state index in [1.165, 1.54) is 24.8 Å². The van der Waals surface area contributed by atoms with Gasteiger partial charge in [-0.1, -0.05) is 32.4 Å². The van der Waals surface area contributed by atoms with Crippen molar-refractivity contribution in [1.29, 1.82) is 0 Å². The van der Waals surface area contributed by atoms with Crippen molar-refractivity contribution in [3.8, 4) is 0 Å². The zero-order valence-electron chi connectivity index (χ0n) is 14.1. The van der Waals surface area contributed by atoms with Crippen LogP contribution in [0.25, 0.3) is 10.9 Å². The molecular formula is C19H26N2O2. The number of rotatable bonds is 5. The van der Waals surface area contributed by atoms with E-state index in [0.717, 1.165) is 37.1 Å². The number of likely N-dealkylation sites (tertiary alicyclic amines) is 1. The molecule has 3 rings (SSSR count). The highest BCUT2D eigenvalue weighted by atomic mass is 16.4. The van der Waals surface area contributed by atoms with Gasteiger partial charge in [0.25, 0.3) is 0 Å². The highest BCUT2D eigenvalue weighted by Crippen LogP contribution is 2.28. The number of carboxylic acid groups (broad SMARTS) is 1. The maximum atomic E-state index is 11.7. The summed E-state index contributed by atoms with van der Waals surface area (Å²) in [5.41, 5.74) is 2.68. The zero-order valence-corrected chi connectivity index (χ0v) is 14.1. The smallest absolute Gasteiger partial charge is 0.352 e. The third-order valence-electron chi connectivity index (χ3n) is 4.91. The summed E-state index contributed by atoms with van der Waals surface area (Å²) in [5.74, 6) is -0.451. The van der Waals surface area contributed by atoms with Gasteiger partial charge in [0.2, 0.25) is 0 Å². The monoisotopic (exact) mass is 314 g/mol. The minimum Gasteiger partial charge on any atom is -0.477 e. The molecule has 0 amide bonds. The Morgan fingerprint density at radius 1 is 1.17 bits per heavy atom. The van der Waals surface area contributed by atoms with Crippen LogP contribution in [0, 0.1) is 0 Å². The van der Waals surface area contributed by atoms with E-state index < -0.39 is 5.97 Å². The lowest BCUT2D eigenvalue weighted by Gasteiger charge is -2.26. The quantitative estimate of drug-likeness (QED) is 0.909. The van der Waals surface area contributed by atoms with Gasteiger partial charge >= 0.3 is 5.97 Å². The van der Waals surface area contributed by atoms with Crippen LogP contribution in [-0.2, 0) is 6.54 Å². The molecule has 4 heteroatoms. The Balaban J connectivity index is 1.95. The van der Waals surface area contributed by atoms with Crippen molar-refractivity contribution in [2.24, 2.45) is 0 Å². The summed E-state index contributed by atoms with van der Waals surface area (Å²) < 4.78 is 1.98. The summed E-state index contributed by atoms with van der Waals surface area (Å²) >= 11 is 0. The van der Waals surface area contributed by atoms with Crippen molar-refractivity contribution < 1.29 is 9.90 Å². The molecule has 1 fully saturated rings. The van der Waals surface area contributed by atoms with Gasteiger partial charge in [-0.15, -0.1) is 0 Å². The number of carbonyl (C=O) groups is 1. The molecule has 0 saturated carbocycles. The normalized spacial score (nSPS) is 16.3. The van der Waals surface area contributed by atoms with Crippen molar-refractivity contribution in [1.82, 2.24) is 9.47 Å². The molecule has 4 nitrogen and oxygen atoms in total. The first-order chi connectivity index (χ1) is 11.1. The van der Waals surface area contributed by atoms with Crippen molar-refractivity contribution in [3.05, 3.63) is 35.5 Å². The van der Waals surface area contributed by atoms with Crippen molar-refractivity contribution in [3.63, 3.8) is 0 Å². The lowest BCUT2D eigenvalue weighted by molar-refractivity contribution is 0.0684. The average Bonchev–Trinajstić information content (AvgIpc) is 2.92. The van der Waals surface area contributed by atoms with E-state index in [1.807, 2.05) is 22.8 Å². The van der Waals surface area contributed by atoms with Crippen LogP contribution in [-0.4, -0.2) is 40.2 Å². The molecule has 1 aromatic heterocycles. The summed E-state index contributed by atoms with van der Waals surface area (Å²) in [6.45, 7) is 8.25. The lowest BCUT2D eigenvalue weighted by Crippen LogP contribution is -2.33. The summed E-state index contributed by atoms with van der Waals surface area (Å²) in [6, 6.07) is 8.04. The standard InChI is InChI=1S/C19H26N2O2/c1-14(2)15-7-6-8-17-16(15)13-18(19(22)23)21(17)12-11-20-9-4-3-5-10-20/h6-8,13-14H,3-5,9-12H2,1-2H3,(H,22,23). The number of carboxylic acids is 1. The molecule has 1 aromatic carbocycles. The number of aromatic carboxylic acids is 1. The highest BCUT2D eigenvalue weighted by Gasteiger charge is 2.18. The molecule has 1 aliphatic rings. The fourth-order valence-corrected chi connectivity index (χ4v) is 3.65.